The van der Waals surface area contributed by atoms with E-state index in [1.54, 1.807) is 49.4 Å². The van der Waals surface area contributed by atoms with Crippen LogP contribution in [-0.2, 0) is 19.2 Å². The van der Waals surface area contributed by atoms with Crippen molar-refractivity contribution >= 4 is 46.6 Å². The van der Waals surface area contributed by atoms with Gasteiger partial charge in [-0.2, -0.15) is 0 Å². The van der Waals surface area contributed by atoms with Crippen LogP contribution in [0.25, 0.3) is 0 Å². The summed E-state index contributed by atoms with van der Waals surface area (Å²) >= 11 is 6.04. The monoisotopic (exact) mass is 584 g/mol. The van der Waals surface area contributed by atoms with E-state index in [1.165, 1.54) is 23.1 Å². The van der Waals surface area contributed by atoms with Gasteiger partial charge in [0, 0.05) is 5.92 Å². The van der Waals surface area contributed by atoms with Gasteiger partial charge in [0.2, 0.25) is 23.6 Å². The molecule has 2 aliphatic heterocycles. The number of halogens is 2. The molecule has 1 N–H and O–H groups in total. The van der Waals surface area contributed by atoms with Crippen LogP contribution in [0.3, 0.4) is 0 Å². The molecule has 6 atom stereocenters. The Morgan fingerprint density at radius 3 is 2.33 bits per heavy atom. The van der Waals surface area contributed by atoms with Crippen LogP contribution in [0, 0.1) is 34.9 Å². The Bertz CT molecular complexity index is 1720. The fourth-order valence-corrected chi connectivity index (χ4v) is 7.98. The van der Waals surface area contributed by atoms with Gasteiger partial charge in [0.05, 0.1) is 39.6 Å². The molecule has 2 aliphatic carbocycles. The summed E-state index contributed by atoms with van der Waals surface area (Å²) in [4.78, 5) is 58.4. The summed E-state index contributed by atoms with van der Waals surface area (Å²) in [6.07, 6.45) is 2.47. The molecule has 9 heteroatoms. The Morgan fingerprint density at radius 1 is 0.857 bits per heavy atom. The molecule has 212 valence electrons. The lowest BCUT2D eigenvalue weighted by Gasteiger charge is -2.49. The van der Waals surface area contributed by atoms with E-state index in [0.717, 1.165) is 16.5 Å². The van der Waals surface area contributed by atoms with Crippen LogP contribution in [0.2, 0.25) is 5.02 Å². The second kappa shape index (κ2) is 9.36. The first-order valence-corrected chi connectivity index (χ1v) is 14.3. The third-order valence-electron chi connectivity index (χ3n) is 9.65. The number of nitrogens with zero attached hydrogens (tertiary/aromatic N) is 2. The number of imide groups is 2. The number of anilines is 2. The lowest BCUT2D eigenvalue weighted by Crippen LogP contribution is -2.48. The second-order valence-corrected chi connectivity index (χ2v) is 12.1. The van der Waals surface area contributed by atoms with Crippen LogP contribution in [-0.4, -0.2) is 28.7 Å². The molecule has 0 bridgehead atoms. The molecule has 0 aromatic heterocycles. The lowest BCUT2D eigenvalue weighted by molar-refractivity contribution is -0.131. The average molecular weight is 585 g/mol. The molecule has 0 radical (unpaired) electrons. The first-order chi connectivity index (χ1) is 20.1. The molecule has 0 spiro atoms. The van der Waals surface area contributed by atoms with Crippen molar-refractivity contribution in [2.75, 3.05) is 9.80 Å². The maximum absolute atomic E-state index is 14.3. The Labute approximate surface area is 246 Å². The minimum absolute atomic E-state index is 0.00498. The maximum Gasteiger partial charge on any atom is 0.241 e. The van der Waals surface area contributed by atoms with Gasteiger partial charge in [-0.25, -0.2) is 9.29 Å². The predicted octanol–water partition coefficient (Wildman–Crippen LogP) is 5.62. The Balaban J connectivity index is 1.37. The van der Waals surface area contributed by atoms with E-state index in [4.69, 9.17) is 11.6 Å². The summed E-state index contributed by atoms with van der Waals surface area (Å²) in [7, 11) is 0. The normalized spacial score (nSPS) is 30.3. The summed E-state index contributed by atoms with van der Waals surface area (Å²) < 4.78 is 14.0. The van der Waals surface area contributed by atoms with E-state index < -0.39 is 52.6 Å². The fourth-order valence-electron chi connectivity index (χ4n) is 7.80. The summed E-state index contributed by atoms with van der Waals surface area (Å²) in [6, 6.07) is 19.1. The van der Waals surface area contributed by atoms with Gasteiger partial charge in [0.1, 0.15) is 11.6 Å². The Kier molecular flexibility index (Phi) is 5.92. The number of phenols is 1. The molecule has 2 heterocycles. The van der Waals surface area contributed by atoms with Crippen LogP contribution in [0.15, 0.2) is 84.4 Å². The van der Waals surface area contributed by atoms with Crippen molar-refractivity contribution in [2.45, 2.75) is 25.7 Å². The molecule has 7 nitrogen and oxygen atoms in total. The lowest BCUT2D eigenvalue weighted by atomic mass is 9.51. The summed E-state index contributed by atoms with van der Waals surface area (Å²) in [5.74, 6) is -5.43. The molecule has 4 amide bonds. The zero-order valence-corrected chi connectivity index (χ0v) is 23.3. The molecule has 42 heavy (non-hydrogen) atoms. The van der Waals surface area contributed by atoms with Gasteiger partial charge in [0.25, 0.3) is 0 Å². The third kappa shape index (κ3) is 3.57. The van der Waals surface area contributed by atoms with Crippen molar-refractivity contribution in [1.82, 2.24) is 0 Å². The highest BCUT2D eigenvalue weighted by Gasteiger charge is 2.67. The number of aromatic hydroxyl groups is 1. The Hall–Kier alpha value is -4.30. The molecule has 3 fully saturated rings. The molecule has 6 unspecified atom stereocenters. The number of hydrogen-bond donors (Lipinski definition) is 1. The van der Waals surface area contributed by atoms with Crippen LogP contribution >= 0.6 is 11.6 Å². The third-order valence-corrected chi connectivity index (χ3v) is 9.94. The zero-order valence-electron chi connectivity index (χ0n) is 22.5. The average Bonchev–Trinajstić information content (AvgIpc) is 3.34. The summed E-state index contributed by atoms with van der Waals surface area (Å²) in [5, 5.41) is 10.2. The molecular formula is C33H26ClFN2O5. The number of carbonyl (C=O) groups is 4. The largest absolute Gasteiger partial charge is 0.508 e. The number of amides is 4. The Morgan fingerprint density at radius 2 is 1.62 bits per heavy atom. The highest BCUT2D eigenvalue weighted by Crippen LogP contribution is 2.63. The highest BCUT2D eigenvalue weighted by atomic mass is 35.5. The van der Waals surface area contributed by atoms with Gasteiger partial charge in [-0.15, -0.1) is 0 Å². The molecule has 2 saturated heterocycles. The van der Waals surface area contributed by atoms with Crippen LogP contribution in [0.5, 0.6) is 5.75 Å². The number of benzene rings is 3. The van der Waals surface area contributed by atoms with Crippen molar-refractivity contribution in [3.8, 4) is 5.75 Å². The number of hydrogen-bond acceptors (Lipinski definition) is 5. The highest BCUT2D eigenvalue weighted by molar-refractivity contribution is 6.32. The smallest absolute Gasteiger partial charge is 0.241 e. The SMILES string of the molecule is CC12C(=O)N(c3ccc(F)c(Cl)c3)C(=O)C1CC1C(=CCC3C(=O)N(c4ccccc4)C(=O)C31)C2c1cccc(O)c1. The van der Waals surface area contributed by atoms with Crippen LogP contribution < -0.4 is 9.80 Å². The van der Waals surface area contributed by atoms with Gasteiger partial charge < -0.3 is 5.11 Å². The summed E-state index contributed by atoms with van der Waals surface area (Å²) in [6.45, 7) is 1.75. The van der Waals surface area contributed by atoms with E-state index in [2.05, 4.69) is 0 Å². The van der Waals surface area contributed by atoms with E-state index in [0.29, 0.717) is 17.7 Å². The van der Waals surface area contributed by atoms with Crippen molar-refractivity contribution in [3.05, 3.63) is 101 Å². The van der Waals surface area contributed by atoms with Crippen molar-refractivity contribution in [1.29, 1.82) is 0 Å². The van der Waals surface area contributed by atoms with Gasteiger partial charge in [-0.3, -0.25) is 24.1 Å². The molecule has 3 aromatic carbocycles. The number of para-hydroxylation sites is 1. The number of carbonyl (C=O) groups excluding carboxylic acids is 4. The number of rotatable bonds is 3. The minimum atomic E-state index is -1.27. The first kappa shape index (κ1) is 26.6. The minimum Gasteiger partial charge on any atom is -0.508 e. The molecule has 3 aromatic rings. The fraction of sp³-hybridized carbons (Fsp3) is 0.273. The van der Waals surface area contributed by atoms with Crippen LogP contribution in [0.1, 0.15) is 31.2 Å². The topological polar surface area (TPSA) is 95.0 Å². The number of fused-ring (bicyclic) bond motifs is 4. The van der Waals surface area contributed by atoms with E-state index in [1.807, 2.05) is 12.1 Å². The first-order valence-electron chi connectivity index (χ1n) is 13.9. The molecule has 7 rings (SSSR count). The van der Waals surface area contributed by atoms with Crippen molar-refractivity contribution < 1.29 is 28.7 Å². The van der Waals surface area contributed by atoms with Gasteiger partial charge in [0.15, 0.2) is 0 Å². The molecular weight excluding hydrogens is 559 g/mol. The van der Waals surface area contributed by atoms with Gasteiger partial charge in [-0.1, -0.05) is 53.6 Å². The van der Waals surface area contributed by atoms with Gasteiger partial charge >= 0.3 is 0 Å². The van der Waals surface area contributed by atoms with E-state index in [-0.39, 0.29) is 34.7 Å². The zero-order chi connectivity index (χ0) is 29.5. The van der Waals surface area contributed by atoms with E-state index >= 15 is 0 Å². The summed E-state index contributed by atoms with van der Waals surface area (Å²) in [5.41, 5.74) is 0.843. The van der Waals surface area contributed by atoms with Crippen molar-refractivity contribution in [2.24, 2.45) is 29.1 Å². The maximum atomic E-state index is 14.3. The van der Waals surface area contributed by atoms with Crippen LogP contribution in [0.4, 0.5) is 15.8 Å². The number of allylic oxidation sites excluding steroid dienone is 2. The van der Waals surface area contributed by atoms with Gasteiger partial charge in [-0.05, 0) is 73.7 Å². The van der Waals surface area contributed by atoms with Crippen molar-refractivity contribution in [3.63, 3.8) is 0 Å². The molecule has 4 aliphatic rings. The molecule has 1 saturated carbocycles. The standard InChI is InChI=1S/C33H26ClFN2O5/c1-33-24(30(40)37(32(33)42)19-10-13-26(35)25(34)15-19)16-23-21(28(33)17-6-5-9-20(38)14-17)11-12-22-27(23)31(41)36(29(22)39)18-7-3-2-4-8-18/h2-11,13-15,22-24,27-28,38H,12,16H2,1H3. The van der Waals surface area contributed by atoms with E-state index in [9.17, 15) is 28.7 Å². The predicted molar refractivity (Wildman–Crippen MR) is 153 cm³/mol. The number of phenolic OH excluding ortho intramolecular Hbond substituents is 1. The second-order valence-electron chi connectivity index (χ2n) is 11.7. The quantitative estimate of drug-likeness (QED) is 0.318.